The zero-order chi connectivity index (χ0) is 15.3. The molecule has 3 heteroatoms. The molecule has 1 N–H and O–H groups in total. The zero-order valence-electron chi connectivity index (χ0n) is 13.6. The average Bonchev–Trinajstić information content (AvgIpc) is 2.51. The normalized spacial score (nSPS) is 17.5. The first-order valence-corrected chi connectivity index (χ1v) is 8.23. The molecule has 0 atom stereocenters. The van der Waals surface area contributed by atoms with E-state index in [1.807, 2.05) is 17.0 Å². The quantitative estimate of drug-likeness (QED) is 0.899. The summed E-state index contributed by atoms with van der Waals surface area (Å²) in [5.74, 6) is 0.322. The minimum atomic E-state index is -0.168. The Balaban J connectivity index is 2.31. The highest BCUT2D eigenvalue weighted by atomic mass is 16.2. The second-order valence-corrected chi connectivity index (χ2v) is 6.12. The number of carbonyl (C=O) groups excluding carboxylic acids is 1. The maximum atomic E-state index is 13.3. The Morgan fingerprint density at radius 3 is 2.48 bits per heavy atom. The minimum Gasteiger partial charge on any atom is -0.317 e. The Morgan fingerprint density at radius 1 is 1.24 bits per heavy atom. The number of para-hydroxylation sites is 1. The third-order valence-electron chi connectivity index (χ3n) is 4.71. The molecule has 1 heterocycles. The van der Waals surface area contributed by atoms with E-state index in [0.717, 1.165) is 51.0 Å². The van der Waals surface area contributed by atoms with Crippen LogP contribution in [-0.4, -0.2) is 25.5 Å². The van der Waals surface area contributed by atoms with Crippen molar-refractivity contribution >= 4 is 11.6 Å². The lowest BCUT2D eigenvalue weighted by atomic mass is 9.74. The zero-order valence-corrected chi connectivity index (χ0v) is 13.6. The van der Waals surface area contributed by atoms with Crippen molar-refractivity contribution in [1.82, 2.24) is 5.32 Å². The lowest BCUT2D eigenvalue weighted by Gasteiger charge is -2.40. The Labute approximate surface area is 128 Å². The topological polar surface area (TPSA) is 32.3 Å². The summed E-state index contributed by atoms with van der Waals surface area (Å²) in [6.45, 7) is 8.99. The lowest BCUT2D eigenvalue weighted by Crippen LogP contribution is -2.49. The van der Waals surface area contributed by atoms with Gasteiger partial charge >= 0.3 is 0 Å². The van der Waals surface area contributed by atoms with Crippen molar-refractivity contribution in [3.63, 3.8) is 0 Å². The molecule has 1 amide bonds. The predicted molar refractivity (Wildman–Crippen MR) is 88.7 cm³/mol. The van der Waals surface area contributed by atoms with Crippen molar-refractivity contribution in [2.45, 2.75) is 46.5 Å². The van der Waals surface area contributed by atoms with Crippen LogP contribution in [0.15, 0.2) is 24.3 Å². The second kappa shape index (κ2) is 7.08. The van der Waals surface area contributed by atoms with Crippen LogP contribution in [0.2, 0.25) is 0 Å². The van der Waals surface area contributed by atoms with Gasteiger partial charge in [-0.15, -0.1) is 0 Å². The highest BCUT2D eigenvalue weighted by Crippen LogP contribution is 2.37. The van der Waals surface area contributed by atoms with Crippen molar-refractivity contribution in [2.24, 2.45) is 5.41 Å². The van der Waals surface area contributed by atoms with Crippen molar-refractivity contribution in [3.8, 4) is 0 Å². The van der Waals surface area contributed by atoms with Crippen molar-refractivity contribution < 1.29 is 4.79 Å². The Bertz CT molecular complexity index is 472. The van der Waals surface area contributed by atoms with Crippen molar-refractivity contribution in [1.29, 1.82) is 0 Å². The fourth-order valence-corrected chi connectivity index (χ4v) is 3.53. The Hall–Kier alpha value is -1.35. The van der Waals surface area contributed by atoms with Crippen LogP contribution in [0.4, 0.5) is 5.69 Å². The third-order valence-corrected chi connectivity index (χ3v) is 4.71. The van der Waals surface area contributed by atoms with Gasteiger partial charge in [-0.25, -0.2) is 0 Å². The molecule has 1 aromatic rings. The summed E-state index contributed by atoms with van der Waals surface area (Å²) in [7, 11) is 0. The van der Waals surface area contributed by atoms with Crippen LogP contribution < -0.4 is 10.2 Å². The molecule has 1 aliphatic heterocycles. The number of anilines is 1. The van der Waals surface area contributed by atoms with E-state index in [4.69, 9.17) is 0 Å². The van der Waals surface area contributed by atoms with Crippen LogP contribution in [0.5, 0.6) is 0 Å². The number of piperidine rings is 1. The Morgan fingerprint density at radius 2 is 1.90 bits per heavy atom. The molecule has 1 saturated heterocycles. The number of hydrogen-bond donors (Lipinski definition) is 1. The molecule has 0 bridgehead atoms. The summed E-state index contributed by atoms with van der Waals surface area (Å²) >= 11 is 0. The summed E-state index contributed by atoms with van der Waals surface area (Å²) in [4.78, 5) is 15.3. The number of aryl methyl sites for hydroxylation is 1. The van der Waals surface area contributed by atoms with Gasteiger partial charge in [-0.3, -0.25) is 4.79 Å². The fraction of sp³-hybridized carbons (Fsp3) is 0.611. The number of nitrogens with one attached hydrogen (secondary N) is 1. The first-order valence-electron chi connectivity index (χ1n) is 8.23. The van der Waals surface area contributed by atoms with Gasteiger partial charge in [-0.1, -0.05) is 31.5 Å². The lowest BCUT2D eigenvalue weighted by molar-refractivity contribution is -0.130. The molecule has 0 unspecified atom stereocenters. The second-order valence-electron chi connectivity index (χ2n) is 6.12. The van der Waals surface area contributed by atoms with Gasteiger partial charge in [0.15, 0.2) is 0 Å². The van der Waals surface area contributed by atoms with E-state index in [1.54, 1.807) is 0 Å². The van der Waals surface area contributed by atoms with Gasteiger partial charge in [0.25, 0.3) is 0 Å². The standard InChI is InChI=1S/C18H28N2O/c1-4-10-18(11-13-19-14-12-18)17(21)20(5-2)16-9-7-6-8-15(16)3/h6-9,19H,4-5,10-14H2,1-3H3. The van der Waals surface area contributed by atoms with Crippen LogP contribution in [0, 0.1) is 12.3 Å². The molecule has 2 rings (SSSR count). The average molecular weight is 288 g/mol. The Kier molecular flexibility index (Phi) is 5.40. The molecule has 0 saturated carbocycles. The smallest absolute Gasteiger partial charge is 0.233 e. The number of rotatable bonds is 5. The van der Waals surface area contributed by atoms with Crippen LogP contribution in [-0.2, 0) is 4.79 Å². The van der Waals surface area contributed by atoms with Gasteiger partial charge in [0.2, 0.25) is 5.91 Å². The number of nitrogens with zero attached hydrogens (tertiary/aromatic N) is 1. The number of carbonyl (C=O) groups is 1. The molecule has 3 nitrogen and oxygen atoms in total. The van der Waals surface area contributed by atoms with E-state index in [9.17, 15) is 4.79 Å². The van der Waals surface area contributed by atoms with E-state index < -0.39 is 0 Å². The molecule has 0 aliphatic carbocycles. The molecule has 1 aromatic carbocycles. The maximum absolute atomic E-state index is 13.3. The molecular weight excluding hydrogens is 260 g/mol. The first kappa shape index (κ1) is 16.0. The van der Waals surface area contributed by atoms with Crippen LogP contribution in [0.25, 0.3) is 0 Å². The summed E-state index contributed by atoms with van der Waals surface area (Å²) in [5, 5.41) is 3.39. The summed E-state index contributed by atoms with van der Waals surface area (Å²) in [5.41, 5.74) is 2.07. The van der Waals surface area contributed by atoms with Crippen molar-refractivity contribution in [2.75, 3.05) is 24.5 Å². The van der Waals surface area contributed by atoms with Gasteiger partial charge in [0.1, 0.15) is 0 Å². The van der Waals surface area contributed by atoms with Crippen LogP contribution in [0.1, 0.15) is 45.1 Å². The van der Waals surface area contributed by atoms with Crippen LogP contribution >= 0.6 is 0 Å². The maximum Gasteiger partial charge on any atom is 0.233 e. The minimum absolute atomic E-state index is 0.168. The monoisotopic (exact) mass is 288 g/mol. The van der Waals surface area contributed by atoms with Gasteiger partial charge in [0, 0.05) is 12.2 Å². The molecule has 1 aliphatic rings. The fourth-order valence-electron chi connectivity index (χ4n) is 3.53. The van der Waals surface area contributed by atoms with Gasteiger partial charge in [0.05, 0.1) is 5.41 Å². The van der Waals surface area contributed by atoms with Gasteiger partial charge in [-0.05, 0) is 57.8 Å². The third kappa shape index (κ3) is 3.29. The highest BCUT2D eigenvalue weighted by Gasteiger charge is 2.41. The summed E-state index contributed by atoms with van der Waals surface area (Å²) in [6.07, 6.45) is 3.98. The molecule has 116 valence electrons. The highest BCUT2D eigenvalue weighted by molar-refractivity contribution is 5.98. The molecule has 0 spiro atoms. The van der Waals surface area contributed by atoms with E-state index in [2.05, 4.69) is 38.2 Å². The first-order chi connectivity index (χ1) is 10.1. The van der Waals surface area contributed by atoms with Gasteiger partial charge < -0.3 is 10.2 Å². The number of benzene rings is 1. The summed E-state index contributed by atoms with van der Waals surface area (Å²) < 4.78 is 0. The van der Waals surface area contributed by atoms with E-state index >= 15 is 0 Å². The van der Waals surface area contributed by atoms with Crippen LogP contribution in [0.3, 0.4) is 0 Å². The van der Waals surface area contributed by atoms with E-state index in [-0.39, 0.29) is 5.41 Å². The molecule has 0 aromatic heterocycles. The number of amides is 1. The van der Waals surface area contributed by atoms with E-state index in [1.165, 1.54) is 5.56 Å². The molecular formula is C18H28N2O. The molecule has 21 heavy (non-hydrogen) atoms. The largest absolute Gasteiger partial charge is 0.317 e. The van der Waals surface area contributed by atoms with E-state index in [0.29, 0.717) is 5.91 Å². The molecule has 1 fully saturated rings. The molecule has 0 radical (unpaired) electrons. The number of hydrogen-bond acceptors (Lipinski definition) is 2. The van der Waals surface area contributed by atoms with Gasteiger partial charge in [-0.2, -0.15) is 0 Å². The summed E-state index contributed by atoms with van der Waals surface area (Å²) in [6, 6.07) is 8.20. The predicted octanol–water partition coefficient (Wildman–Crippen LogP) is 3.52. The SMILES string of the molecule is CCCC1(C(=O)N(CC)c2ccccc2C)CCNCC1. The van der Waals surface area contributed by atoms with Crippen molar-refractivity contribution in [3.05, 3.63) is 29.8 Å².